The molecule has 1 atom stereocenters. The second-order valence-electron chi connectivity index (χ2n) is 8.42. The van der Waals surface area contributed by atoms with Crippen molar-refractivity contribution in [2.45, 2.75) is 39.4 Å². The highest BCUT2D eigenvalue weighted by molar-refractivity contribution is 5.97. The smallest absolute Gasteiger partial charge is 0.412 e. The standard InChI is InChI=1S/C25H27N3O5/c1-16(32-21-13-12-17-8-5-6-9-18(17)15-21)22(29)27-28-23(30)19-10-7-11-20(14-19)26-24(31)33-25(2,3)4/h5-16H,1-4H3,(H,26,31)(H,27,29)(H,28,30). The molecule has 0 aliphatic rings. The number of hydrazine groups is 1. The minimum Gasteiger partial charge on any atom is -0.481 e. The number of nitrogens with one attached hydrogen (secondary N) is 3. The number of benzene rings is 3. The van der Waals surface area contributed by atoms with E-state index in [9.17, 15) is 14.4 Å². The third-order valence-electron chi connectivity index (χ3n) is 4.47. The van der Waals surface area contributed by atoms with E-state index in [0.29, 0.717) is 11.4 Å². The van der Waals surface area contributed by atoms with Gasteiger partial charge in [-0.05, 0) is 68.8 Å². The van der Waals surface area contributed by atoms with Gasteiger partial charge in [0.1, 0.15) is 11.4 Å². The number of ether oxygens (including phenoxy) is 2. The number of hydrogen-bond donors (Lipinski definition) is 3. The molecule has 33 heavy (non-hydrogen) atoms. The number of rotatable bonds is 5. The van der Waals surface area contributed by atoms with Gasteiger partial charge in [0.15, 0.2) is 6.10 Å². The second-order valence-corrected chi connectivity index (χ2v) is 8.42. The number of hydrogen-bond acceptors (Lipinski definition) is 5. The molecule has 0 saturated carbocycles. The minimum absolute atomic E-state index is 0.243. The maximum Gasteiger partial charge on any atom is 0.412 e. The van der Waals surface area contributed by atoms with Crippen LogP contribution in [0.4, 0.5) is 10.5 Å². The Morgan fingerprint density at radius 2 is 1.58 bits per heavy atom. The molecule has 1 unspecified atom stereocenters. The fourth-order valence-electron chi connectivity index (χ4n) is 2.95. The Balaban J connectivity index is 1.54. The molecule has 0 fully saturated rings. The van der Waals surface area contributed by atoms with Gasteiger partial charge in [0.05, 0.1) is 0 Å². The Kier molecular flexibility index (Phi) is 7.17. The summed E-state index contributed by atoms with van der Waals surface area (Å²) >= 11 is 0. The van der Waals surface area contributed by atoms with Gasteiger partial charge in [0.2, 0.25) is 0 Å². The van der Waals surface area contributed by atoms with Crippen molar-refractivity contribution in [2.24, 2.45) is 0 Å². The van der Waals surface area contributed by atoms with E-state index in [-0.39, 0.29) is 5.56 Å². The zero-order valence-corrected chi connectivity index (χ0v) is 19.0. The highest BCUT2D eigenvalue weighted by atomic mass is 16.6. The van der Waals surface area contributed by atoms with Crippen LogP contribution in [-0.4, -0.2) is 29.6 Å². The Morgan fingerprint density at radius 1 is 0.848 bits per heavy atom. The third kappa shape index (κ3) is 6.96. The summed E-state index contributed by atoms with van der Waals surface area (Å²) < 4.78 is 10.9. The molecule has 3 amide bonds. The van der Waals surface area contributed by atoms with Crippen LogP contribution in [0.1, 0.15) is 38.1 Å². The van der Waals surface area contributed by atoms with Crippen LogP contribution in [0, 0.1) is 0 Å². The molecule has 0 aliphatic carbocycles. The molecule has 0 spiro atoms. The normalized spacial score (nSPS) is 11.9. The summed E-state index contributed by atoms with van der Waals surface area (Å²) in [4.78, 5) is 36.7. The Hall–Kier alpha value is -4.07. The van der Waals surface area contributed by atoms with Crippen LogP contribution < -0.4 is 20.9 Å². The van der Waals surface area contributed by atoms with E-state index in [0.717, 1.165) is 10.8 Å². The van der Waals surface area contributed by atoms with Crippen LogP contribution in [0.2, 0.25) is 0 Å². The lowest BCUT2D eigenvalue weighted by Crippen LogP contribution is -2.47. The average molecular weight is 450 g/mol. The van der Waals surface area contributed by atoms with E-state index < -0.39 is 29.6 Å². The fourth-order valence-corrected chi connectivity index (χ4v) is 2.95. The van der Waals surface area contributed by atoms with E-state index in [1.54, 1.807) is 52.0 Å². The lowest BCUT2D eigenvalue weighted by Gasteiger charge is -2.19. The largest absolute Gasteiger partial charge is 0.481 e. The van der Waals surface area contributed by atoms with Gasteiger partial charge in [-0.2, -0.15) is 0 Å². The van der Waals surface area contributed by atoms with Crippen molar-refractivity contribution in [3.63, 3.8) is 0 Å². The van der Waals surface area contributed by atoms with E-state index in [4.69, 9.17) is 9.47 Å². The summed E-state index contributed by atoms with van der Waals surface area (Å²) in [6.07, 6.45) is -1.47. The molecular weight excluding hydrogens is 422 g/mol. The molecule has 0 saturated heterocycles. The monoisotopic (exact) mass is 449 g/mol. The molecule has 0 radical (unpaired) electrons. The molecule has 3 aromatic carbocycles. The molecule has 0 aliphatic heterocycles. The van der Waals surface area contributed by atoms with Crippen molar-refractivity contribution in [3.05, 3.63) is 72.3 Å². The van der Waals surface area contributed by atoms with E-state index in [2.05, 4.69) is 16.2 Å². The van der Waals surface area contributed by atoms with Gasteiger partial charge in [0, 0.05) is 11.3 Å². The number of carbonyl (C=O) groups is 3. The highest BCUT2D eigenvalue weighted by Crippen LogP contribution is 2.21. The summed E-state index contributed by atoms with van der Waals surface area (Å²) in [5.74, 6) is -0.516. The maximum absolute atomic E-state index is 12.4. The summed E-state index contributed by atoms with van der Waals surface area (Å²) in [5.41, 5.74) is 4.69. The first-order valence-corrected chi connectivity index (χ1v) is 10.5. The lowest BCUT2D eigenvalue weighted by molar-refractivity contribution is -0.128. The van der Waals surface area contributed by atoms with Crippen molar-refractivity contribution < 1.29 is 23.9 Å². The molecule has 0 heterocycles. The van der Waals surface area contributed by atoms with Gasteiger partial charge in [-0.15, -0.1) is 0 Å². The zero-order valence-electron chi connectivity index (χ0n) is 19.0. The molecule has 8 heteroatoms. The molecule has 3 aromatic rings. The van der Waals surface area contributed by atoms with E-state index in [1.165, 1.54) is 6.07 Å². The predicted molar refractivity (Wildman–Crippen MR) is 126 cm³/mol. The van der Waals surface area contributed by atoms with Gasteiger partial charge in [-0.3, -0.25) is 25.8 Å². The summed E-state index contributed by atoms with van der Waals surface area (Å²) in [7, 11) is 0. The van der Waals surface area contributed by atoms with Crippen LogP contribution in [0.3, 0.4) is 0 Å². The predicted octanol–water partition coefficient (Wildman–Crippen LogP) is 4.42. The molecule has 172 valence electrons. The molecule has 0 bridgehead atoms. The highest BCUT2D eigenvalue weighted by Gasteiger charge is 2.18. The van der Waals surface area contributed by atoms with Crippen LogP contribution in [0.15, 0.2) is 66.7 Å². The van der Waals surface area contributed by atoms with Crippen molar-refractivity contribution in [1.29, 1.82) is 0 Å². The minimum atomic E-state index is -0.841. The van der Waals surface area contributed by atoms with Crippen LogP contribution >= 0.6 is 0 Å². The molecule has 3 N–H and O–H groups in total. The zero-order chi connectivity index (χ0) is 24.0. The maximum atomic E-state index is 12.4. The lowest BCUT2D eigenvalue weighted by atomic mass is 10.1. The van der Waals surface area contributed by atoms with Crippen LogP contribution in [-0.2, 0) is 9.53 Å². The van der Waals surface area contributed by atoms with Gasteiger partial charge >= 0.3 is 6.09 Å². The van der Waals surface area contributed by atoms with Gasteiger partial charge < -0.3 is 9.47 Å². The first-order chi connectivity index (χ1) is 15.6. The molecule has 0 aromatic heterocycles. The molecule has 8 nitrogen and oxygen atoms in total. The van der Waals surface area contributed by atoms with E-state index >= 15 is 0 Å². The van der Waals surface area contributed by atoms with Crippen molar-refractivity contribution in [2.75, 3.05) is 5.32 Å². The van der Waals surface area contributed by atoms with Crippen molar-refractivity contribution >= 4 is 34.4 Å². The van der Waals surface area contributed by atoms with Crippen LogP contribution in [0.25, 0.3) is 10.8 Å². The Morgan fingerprint density at radius 3 is 2.30 bits per heavy atom. The number of amides is 3. The summed E-state index contributed by atoms with van der Waals surface area (Å²) in [6, 6.07) is 19.6. The summed E-state index contributed by atoms with van der Waals surface area (Å²) in [5, 5.41) is 4.63. The first kappa shape index (κ1) is 23.6. The van der Waals surface area contributed by atoms with E-state index in [1.807, 2.05) is 36.4 Å². The van der Waals surface area contributed by atoms with Gasteiger partial charge in [-0.25, -0.2) is 4.79 Å². The molecule has 3 rings (SSSR count). The Labute approximate surface area is 192 Å². The first-order valence-electron chi connectivity index (χ1n) is 10.5. The summed E-state index contributed by atoms with van der Waals surface area (Å²) in [6.45, 7) is 6.85. The second kappa shape index (κ2) is 10.0. The van der Waals surface area contributed by atoms with Crippen molar-refractivity contribution in [3.8, 4) is 5.75 Å². The number of anilines is 1. The Bertz CT molecular complexity index is 1170. The van der Waals surface area contributed by atoms with Crippen LogP contribution in [0.5, 0.6) is 5.75 Å². The van der Waals surface area contributed by atoms with Crippen molar-refractivity contribution in [1.82, 2.24) is 10.9 Å². The third-order valence-corrected chi connectivity index (χ3v) is 4.47. The quantitative estimate of drug-likeness (QED) is 0.500. The number of fused-ring (bicyclic) bond motifs is 1. The molecular formula is C25H27N3O5. The number of carbonyl (C=O) groups excluding carboxylic acids is 3. The topological polar surface area (TPSA) is 106 Å². The SMILES string of the molecule is CC(Oc1ccc2ccccc2c1)C(=O)NNC(=O)c1cccc(NC(=O)OC(C)(C)C)c1. The van der Waals surface area contributed by atoms with Gasteiger partial charge in [-0.1, -0.05) is 36.4 Å². The fraction of sp³-hybridized carbons (Fsp3) is 0.240. The average Bonchev–Trinajstić information content (AvgIpc) is 2.76. The van der Waals surface area contributed by atoms with Gasteiger partial charge in [0.25, 0.3) is 11.8 Å².